The van der Waals surface area contributed by atoms with Crippen LogP contribution in [-0.2, 0) is 6.54 Å². The predicted molar refractivity (Wildman–Crippen MR) is 73.4 cm³/mol. The molecule has 0 aliphatic rings. The van der Waals surface area contributed by atoms with Crippen molar-refractivity contribution < 1.29 is 0 Å². The molecule has 0 spiro atoms. The summed E-state index contributed by atoms with van der Waals surface area (Å²) in [6.45, 7) is 2.96. The maximum atomic E-state index is 5.87. The third-order valence-corrected chi connectivity index (χ3v) is 3.35. The molecule has 0 saturated carbocycles. The SMILES string of the molecule is CCC(CCl)NCc1cccc2cccnc12. The van der Waals surface area contributed by atoms with Crippen LogP contribution in [0.15, 0.2) is 36.5 Å². The zero-order valence-electron chi connectivity index (χ0n) is 9.99. The van der Waals surface area contributed by atoms with Gasteiger partial charge >= 0.3 is 0 Å². The van der Waals surface area contributed by atoms with E-state index >= 15 is 0 Å². The molecule has 0 bridgehead atoms. The zero-order chi connectivity index (χ0) is 12.1. The van der Waals surface area contributed by atoms with Gasteiger partial charge in [-0.25, -0.2) is 0 Å². The van der Waals surface area contributed by atoms with Gasteiger partial charge in [0, 0.05) is 30.0 Å². The molecule has 1 aromatic carbocycles. The maximum absolute atomic E-state index is 5.87. The van der Waals surface area contributed by atoms with Crippen LogP contribution in [0.3, 0.4) is 0 Å². The molecule has 90 valence electrons. The molecule has 2 aromatic rings. The number of pyridine rings is 1. The van der Waals surface area contributed by atoms with E-state index in [-0.39, 0.29) is 0 Å². The highest BCUT2D eigenvalue weighted by molar-refractivity contribution is 6.18. The Labute approximate surface area is 107 Å². The van der Waals surface area contributed by atoms with Gasteiger partial charge in [0.05, 0.1) is 5.52 Å². The Morgan fingerprint density at radius 1 is 1.29 bits per heavy atom. The van der Waals surface area contributed by atoms with E-state index < -0.39 is 0 Å². The van der Waals surface area contributed by atoms with Crippen molar-refractivity contribution in [3.8, 4) is 0 Å². The first-order valence-corrected chi connectivity index (χ1v) is 6.50. The van der Waals surface area contributed by atoms with Crippen LogP contribution in [0.1, 0.15) is 18.9 Å². The van der Waals surface area contributed by atoms with Gasteiger partial charge in [-0.15, -0.1) is 11.6 Å². The van der Waals surface area contributed by atoms with Crippen LogP contribution in [0.4, 0.5) is 0 Å². The molecular weight excluding hydrogens is 232 g/mol. The Morgan fingerprint density at radius 3 is 2.88 bits per heavy atom. The lowest BCUT2D eigenvalue weighted by molar-refractivity contribution is 0.540. The summed E-state index contributed by atoms with van der Waals surface area (Å²) in [5.74, 6) is 0.648. The third kappa shape index (κ3) is 2.96. The van der Waals surface area contributed by atoms with Gasteiger partial charge in [-0.2, -0.15) is 0 Å². The molecule has 1 atom stereocenters. The Hall–Kier alpha value is -1.12. The highest BCUT2D eigenvalue weighted by atomic mass is 35.5. The van der Waals surface area contributed by atoms with Gasteiger partial charge in [0.1, 0.15) is 0 Å². The van der Waals surface area contributed by atoms with Crippen molar-refractivity contribution in [1.82, 2.24) is 10.3 Å². The lowest BCUT2D eigenvalue weighted by Gasteiger charge is -2.14. The molecule has 17 heavy (non-hydrogen) atoms. The van der Waals surface area contributed by atoms with Crippen molar-refractivity contribution in [3.05, 3.63) is 42.1 Å². The second kappa shape index (κ2) is 5.99. The van der Waals surface area contributed by atoms with Crippen molar-refractivity contribution >= 4 is 22.5 Å². The number of hydrogen-bond acceptors (Lipinski definition) is 2. The van der Waals surface area contributed by atoms with Crippen LogP contribution in [-0.4, -0.2) is 16.9 Å². The van der Waals surface area contributed by atoms with Gasteiger partial charge in [-0.1, -0.05) is 31.2 Å². The standard InChI is InChI=1S/C14H17ClN2/c1-2-13(9-15)17-10-12-6-3-5-11-7-4-8-16-14(11)12/h3-8,13,17H,2,9-10H2,1H3. The molecule has 1 aromatic heterocycles. The highest BCUT2D eigenvalue weighted by Crippen LogP contribution is 2.15. The van der Waals surface area contributed by atoms with E-state index in [4.69, 9.17) is 11.6 Å². The first-order chi connectivity index (χ1) is 8.35. The number of aromatic nitrogens is 1. The van der Waals surface area contributed by atoms with Gasteiger partial charge in [0.2, 0.25) is 0 Å². The minimum absolute atomic E-state index is 0.371. The molecular formula is C14H17ClN2. The van der Waals surface area contributed by atoms with Gasteiger partial charge in [-0.05, 0) is 18.1 Å². The van der Waals surface area contributed by atoms with Crippen LogP contribution >= 0.6 is 11.6 Å². The Morgan fingerprint density at radius 2 is 2.12 bits per heavy atom. The maximum Gasteiger partial charge on any atom is 0.0746 e. The van der Waals surface area contributed by atoms with Crippen LogP contribution in [0, 0.1) is 0 Å². The van der Waals surface area contributed by atoms with E-state index in [9.17, 15) is 0 Å². The van der Waals surface area contributed by atoms with E-state index in [1.54, 1.807) is 0 Å². The minimum Gasteiger partial charge on any atom is -0.309 e. The number of benzene rings is 1. The van der Waals surface area contributed by atoms with Gasteiger partial charge in [0.25, 0.3) is 0 Å². The highest BCUT2D eigenvalue weighted by Gasteiger charge is 2.05. The molecule has 3 heteroatoms. The van der Waals surface area contributed by atoms with Gasteiger partial charge in [-0.3, -0.25) is 4.98 Å². The van der Waals surface area contributed by atoms with Crippen molar-refractivity contribution in [2.24, 2.45) is 0 Å². The van der Waals surface area contributed by atoms with E-state index in [1.165, 1.54) is 10.9 Å². The molecule has 1 unspecified atom stereocenters. The van der Waals surface area contributed by atoms with Crippen LogP contribution in [0.25, 0.3) is 10.9 Å². The average Bonchev–Trinajstić information content (AvgIpc) is 2.40. The Balaban J connectivity index is 2.18. The fraction of sp³-hybridized carbons (Fsp3) is 0.357. The first-order valence-electron chi connectivity index (χ1n) is 5.97. The van der Waals surface area contributed by atoms with Crippen LogP contribution < -0.4 is 5.32 Å². The fourth-order valence-corrected chi connectivity index (χ4v) is 2.20. The van der Waals surface area contributed by atoms with Gasteiger partial charge < -0.3 is 5.32 Å². The molecule has 2 nitrogen and oxygen atoms in total. The molecule has 0 radical (unpaired) electrons. The summed E-state index contributed by atoms with van der Waals surface area (Å²) in [6.07, 6.45) is 2.88. The summed E-state index contributed by atoms with van der Waals surface area (Å²) in [7, 11) is 0. The lowest BCUT2D eigenvalue weighted by Crippen LogP contribution is -2.29. The second-order valence-corrected chi connectivity index (χ2v) is 4.44. The first kappa shape index (κ1) is 12.3. The third-order valence-electron chi connectivity index (χ3n) is 2.98. The largest absolute Gasteiger partial charge is 0.309 e. The van der Waals surface area contributed by atoms with Crippen LogP contribution in [0.2, 0.25) is 0 Å². The summed E-state index contributed by atoms with van der Waals surface area (Å²) < 4.78 is 0. The topological polar surface area (TPSA) is 24.9 Å². The zero-order valence-corrected chi connectivity index (χ0v) is 10.7. The number of nitrogens with one attached hydrogen (secondary N) is 1. The number of nitrogens with zero attached hydrogens (tertiary/aromatic N) is 1. The Bertz CT molecular complexity index is 475. The molecule has 0 amide bonds. The van der Waals surface area contributed by atoms with Crippen molar-refractivity contribution in [2.75, 3.05) is 5.88 Å². The summed E-state index contributed by atoms with van der Waals surface area (Å²) in [6, 6.07) is 10.7. The molecule has 2 rings (SSSR count). The minimum atomic E-state index is 0.371. The molecule has 0 saturated heterocycles. The summed E-state index contributed by atoms with van der Waals surface area (Å²) >= 11 is 5.87. The number of halogens is 1. The predicted octanol–water partition coefficient (Wildman–Crippen LogP) is 3.34. The van der Waals surface area contributed by atoms with Gasteiger partial charge in [0.15, 0.2) is 0 Å². The molecule has 0 fully saturated rings. The number of rotatable bonds is 5. The van der Waals surface area contributed by atoms with Crippen molar-refractivity contribution in [2.45, 2.75) is 25.9 Å². The van der Waals surface area contributed by atoms with E-state index in [1.807, 2.05) is 12.3 Å². The average molecular weight is 249 g/mol. The van der Waals surface area contributed by atoms with Crippen molar-refractivity contribution in [1.29, 1.82) is 0 Å². The number of fused-ring (bicyclic) bond motifs is 1. The lowest BCUT2D eigenvalue weighted by atomic mass is 10.1. The van der Waals surface area contributed by atoms with E-state index in [2.05, 4.69) is 41.5 Å². The monoisotopic (exact) mass is 248 g/mol. The normalized spacial score (nSPS) is 12.8. The quantitative estimate of drug-likeness (QED) is 0.821. The number of para-hydroxylation sites is 1. The smallest absolute Gasteiger partial charge is 0.0746 e. The number of alkyl halides is 1. The summed E-state index contributed by atoms with van der Waals surface area (Å²) in [4.78, 5) is 4.44. The molecule has 1 heterocycles. The molecule has 0 aliphatic heterocycles. The number of hydrogen-bond donors (Lipinski definition) is 1. The van der Waals surface area contributed by atoms with Crippen LogP contribution in [0.5, 0.6) is 0 Å². The molecule has 1 N–H and O–H groups in total. The Kier molecular flexibility index (Phi) is 4.35. The van der Waals surface area contributed by atoms with E-state index in [0.29, 0.717) is 11.9 Å². The summed E-state index contributed by atoms with van der Waals surface area (Å²) in [5.41, 5.74) is 2.30. The van der Waals surface area contributed by atoms with Crippen molar-refractivity contribution in [3.63, 3.8) is 0 Å². The summed E-state index contributed by atoms with van der Waals surface area (Å²) in [5, 5.41) is 4.64. The van der Waals surface area contributed by atoms with E-state index in [0.717, 1.165) is 18.5 Å². The second-order valence-electron chi connectivity index (χ2n) is 4.13. The fourth-order valence-electron chi connectivity index (χ4n) is 1.87. The molecule has 0 aliphatic carbocycles.